The average Bonchev–Trinajstić information content (AvgIpc) is 3.22. The van der Waals surface area contributed by atoms with Gasteiger partial charge in [-0.25, -0.2) is 12.8 Å². The molecular formula is C17H18FN3O4S2. The molecule has 10 heteroatoms. The zero-order valence-corrected chi connectivity index (χ0v) is 15.9. The molecule has 2 N–H and O–H groups in total. The second-order valence-corrected chi connectivity index (χ2v) is 9.17. The van der Waals surface area contributed by atoms with E-state index >= 15 is 0 Å². The highest BCUT2D eigenvalue weighted by atomic mass is 32.2. The number of hydrazine groups is 1. The molecule has 0 spiro atoms. The molecule has 0 aliphatic carbocycles. The van der Waals surface area contributed by atoms with Crippen LogP contribution in [-0.2, 0) is 14.8 Å². The fraction of sp³-hybridized carbons (Fsp3) is 0.294. The number of nitrogens with one attached hydrogen (secondary N) is 2. The fourth-order valence-corrected chi connectivity index (χ4v) is 5.51. The molecule has 1 saturated heterocycles. The Labute approximate surface area is 160 Å². The van der Waals surface area contributed by atoms with E-state index in [0.717, 1.165) is 17.4 Å². The van der Waals surface area contributed by atoms with Crippen molar-refractivity contribution in [2.45, 2.75) is 17.1 Å². The molecule has 3 rings (SSSR count). The van der Waals surface area contributed by atoms with Crippen LogP contribution >= 0.6 is 11.3 Å². The summed E-state index contributed by atoms with van der Waals surface area (Å²) in [5, 5.41) is 1.68. The number of rotatable bonds is 4. The van der Waals surface area contributed by atoms with Crippen molar-refractivity contribution in [2.24, 2.45) is 5.92 Å². The highest BCUT2D eigenvalue weighted by Gasteiger charge is 2.34. The SMILES string of the molecule is O=C(NNC(=O)C1CCCN(S(=O)(=O)c2cccs2)C1)c1ccccc1F. The lowest BCUT2D eigenvalue weighted by molar-refractivity contribution is -0.126. The normalized spacial score (nSPS) is 18.0. The first-order valence-corrected chi connectivity index (χ1v) is 10.6. The monoisotopic (exact) mass is 411 g/mol. The number of sulfonamides is 1. The van der Waals surface area contributed by atoms with Crippen LogP contribution in [0.4, 0.5) is 4.39 Å². The molecule has 1 unspecified atom stereocenters. The summed E-state index contributed by atoms with van der Waals surface area (Å²) in [6.45, 7) is 0.368. The lowest BCUT2D eigenvalue weighted by atomic mass is 9.99. The van der Waals surface area contributed by atoms with Gasteiger partial charge in [0.1, 0.15) is 10.0 Å². The van der Waals surface area contributed by atoms with Crippen LogP contribution in [0.25, 0.3) is 0 Å². The summed E-state index contributed by atoms with van der Waals surface area (Å²) in [6, 6.07) is 8.59. The maximum absolute atomic E-state index is 13.6. The second-order valence-electron chi connectivity index (χ2n) is 6.06. The lowest BCUT2D eigenvalue weighted by Gasteiger charge is -2.30. The van der Waals surface area contributed by atoms with Crippen molar-refractivity contribution >= 4 is 33.2 Å². The Kier molecular flexibility index (Phi) is 5.88. The molecule has 1 aromatic heterocycles. The molecule has 7 nitrogen and oxygen atoms in total. The lowest BCUT2D eigenvalue weighted by Crippen LogP contribution is -2.50. The summed E-state index contributed by atoms with van der Waals surface area (Å²) in [5.41, 5.74) is 4.24. The topological polar surface area (TPSA) is 95.6 Å². The van der Waals surface area contributed by atoms with Crippen molar-refractivity contribution in [1.82, 2.24) is 15.2 Å². The van der Waals surface area contributed by atoms with Gasteiger partial charge >= 0.3 is 0 Å². The molecule has 1 fully saturated rings. The van der Waals surface area contributed by atoms with E-state index in [1.165, 1.54) is 28.6 Å². The van der Waals surface area contributed by atoms with Crippen LogP contribution in [0.2, 0.25) is 0 Å². The number of hydrogen-bond donors (Lipinski definition) is 2. The summed E-state index contributed by atoms with van der Waals surface area (Å²) >= 11 is 1.12. The van der Waals surface area contributed by atoms with Gasteiger partial charge in [0, 0.05) is 13.1 Å². The van der Waals surface area contributed by atoms with E-state index in [2.05, 4.69) is 10.9 Å². The smallest absolute Gasteiger partial charge is 0.272 e. The molecular weight excluding hydrogens is 393 g/mol. The van der Waals surface area contributed by atoms with Crippen LogP contribution in [-0.4, -0.2) is 37.6 Å². The van der Waals surface area contributed by atoms with Gasteiger partial charge in [0.2, 0.25) is 5.91 Å². The molecule has 2 aromatic rings. The summed E-state index contributed by atoms with van der Waals surface area (Å²) < 4.78 is 40.3. The van der Waals surface area contributed by atoms with Crippen LogP contribution in [0, 0.1) is 11.7 Å². The first kappa shape index (κ1) is 19.5. The number of thiophene rings is 1. The van der Waals surface area contributed by atoms with Gasteiger partial charge in [-0.3, -0.25) is 20.4 Å². The molecule has 2 amide bonds. The standard InChI is InChI=1S/C17H18FN3O4S2/c18-14-7-2-1-6-13(14)17(23)20-19-16(22)12-5-3-9-21(11-12)27(24,25)15-8-4-10-26-15/h1-2,4,6-8,10,12H,3,5,9,11H2,(H,19,22)(H,20,23). The zero-order chi connectivity index (χ0) is 19.4. The number of hydrogen-bond acceptors (Lipinski definition) is 5. The van der Waals surface area contributed by atoms with E-state index in [4.69, 9.17) is 0 Å². The van der Waals surface area contributed by atoms with Gasteiger partial charge in [-0.2, -0.15) is 4.31 Å². The Morgan fingerprint density at radius 2 is 1.93 bits per heavy atom. The second kappa shape index (κ2) is 8.15. The molecule has 1 atom stereocenters. The summed E-state index contributed by atoms with van der Waals surface area (Å²) in [7, 11) is -3.63. The molecule has 27 heavy (non-hydrogen) atoms. The van der Waals surface area contributed by atoms with Gasteiger partial charge in [-0.1, -0.05) is 18.2 Å². The minimum absolute atomic E-state index is 0.0294. The van der Waals surface area contributed by atoms with Crippen molar-refractivity contribution in [1.29, 1.82) is 0 Å². The van der Waals surface area contributed by atoms with Crippen LogP contribution in [0.5, 0.6) is 0 Å². The van der Waals surface area contributed by atoms with Crippen molar-refractivity contribution in [3.8, 4) is 0 Å². The van der Waals surface area contributed by atoms with Crippen molar-refractivity contribution in [3.63, 3.8) is 0 Å². The first-order chi connectivity index (χ1) is 12.9. The third kappa shape index (κ3) is 4.34. The number of nitrogens with zero attached hydrogens (tertiary/aromatic N) is 1. The maximum atomic E-state index is 13.6. The number of carbonyl (C=O) groups excluding carboxylic acids is 2. The summed E-state index contributed by atoms with van der Waals surface area (Å²) in [4.78, 5) is 24.3. The molecule has 1 aliphatic rings. The van der Waals surface area contributed by atoms with E-state index < -0.39 is 33.6 Å². The van der Waals surface area contributed by atoms with Gasteiger partial charge in [0.05, 0.1) is 11.5 Å². The quantitative estimate of drug-likeness (QED) is 0.750. The van der Waals surface area contributed by atoms with Gasteiger partial charge < -0.3 is 0 Å². The van der Waals surface area contributed by atoms with Crippen molar-refractivity contribution in [3.05, 3.63) is 53.2 Å². The van der Waals surface area contributed by atoms with Crippen molar-refractivity contribution < 1.29 is 22.4 Å². The van der Waals surface area contributed by atoms with E-state index in [1.807, 2.05) is 0 Å². The summed E-state index contributed by atoms with van der Waals surface area (Å²) in [5.74, 6) is -2.59. The van der Waals surface area contributed by atoms with Gasteiger partial charge in [0.15, 0.2) is 0 Å². The van der Waals surface area contributed by atoms with Crippen LogP contribution in [0.1, 0.15) is 23.2 Å². The third-order valence-electron chi connectivity index (χ3n) is 4.26. The minimum atomic E-state index is -3.63. The largest absolute Gasteiger partial charge is 0.273 e. The van der Waals surface area contributed by atoms with Crippen molar-refractivity contribution in [2.75, 3.05) is 13.1 Å². The van der Waals surface area contributed by atoms with Crippen LogP contribution < -0.4 is 10.9 Å². The minimum Gasteiger partial charge on any atom is -0.273 e. The predicted octanol–water partition coefficient (Wildman–Crippen LogP) is 1.75. The van der Waals surface area contributed by atoms with Gasteiger partial charge in [0.25, 0.3) is 15.9 Å². The number of piperidine rings is 1. The molecule has 0 bridgehead atoms. The molecule has 0 saturated carbocycles. The first-order valence-electron chi connectivity index (χ1n) is 8.28. The highest BCUT2D eigenvalue weighted by molar-refractivity contribution is 7.91. The Bertz CT molecular complexity index is 931. The zero-order valence-electron chi connectivity index (χ0n) is 14.2. The third-order valence-corrected chi connectivity index (χ3v) is 7.50. The number of carbonyl (C=O) groups is 2. The fourth-order valence-electron chi connectivity index (χ4n) is 2.85. The van der Waals surface area contributed by atoms with E-state index in [0.29, 0.717) is 19.4 Å². The Morgan fingerprint density at radius 1 is 1.15 bits per heavy atom. The Balaban J connectivity index is 1.60. The molecule has 1 aromatic carbocycles. The van der Waals surface area contributed by atoms with Crippen LogP contribution in [0.3, 0.4) is 0 Å². The Morgan fingerprint density at radius 3 is 2.63 bits per heavy atom. The highest BCUT2D eigenvalue weighted by Crippen LogP contribution is 2.26. The summed E-state index contributed by atoms with van der Waals surface area (Å²) in [6.07, 6.45) is 1.03. The Hall–Kier alpha value is -2.30. The number of halogens is 1. The number of amides is 2. The van der Waals surface area contributed by atoms with E-state index in [-0.39, 0.29) is 16.3 Å². The number of benzene rings is 1. The molecule has 2 heterocycles. The van der Waals surface area contributed by atoms with E-state index in [1.54, 1.807) is 11.4 Å². The average molecular weight is 411 g/mol. The van der Waals surface area contributed by atoms with E-state index in [9.17, 15) is 22.4 Å². The maximum Gasteiger partial charge on any atom is 0.272 e. The molecule has 0 radical (unpaired) electrons. The predicted molar refractivity (Wildman–Crippen MR) is 97.8 cm³/mol. The molecule has 1 aliphatic heterocycles. The van der Waals surface area contributed by atoms with Gasteiger partial charge in [-0.15, -0.1) is 11.3 Å². The molecule has 144 valence electrons. The van der Waals surface area contributed by atoms with Gasteiger partial charge in [-0.05, 0) is 36.4 Å². The van der Waals surface area contributed by atoms with Crippen LogP contribution in [0.15, 0.2) is 46.0 Å².